The zero-order valence-corrected chi connectivity index (χ0v) is 11.1. The van der Waals surface area contributed by atoms with E-state index >= 15 is 0 Å². The number of aryl methyl sites for hydroxylation is 3. The summed E-state index contributed by atoms with van der Waals surface area (Å²) in [4.78, 5) is 12.3. The number of carbonyl (C=O) groups excluding carboxylic acids is 1. The Morgan fingerprint density at radius 1 is 1.47 bits per heavy atom. The zero-order chi connectivity index (χ0) is 14.0. The predicted molar refractivity (Wildman–Crippen MR) is 71.7 cm³/mol. The minimum Gasteiger partial charge on any atom is -0.394 e. The molecular weight excluding hydrogens is 244 g/mol. The van der Waals surface area contributed by atoms with E-state index in [0.29, 0.717) is 34.9 Å². The van der Waals surface area contributed by atoms with E-state index < -0.39 is 0 Å². The smallest absolute Gasteiger partial charge is 0.258 e. The molecule has 2 aromatic rings. The van der Waals surface area contributed by atoms with Crippen LogP contribution in [-0.2, 0) is 13.5 Å². The van der Waals surface area contributed by atoms with Gasteiger partial charge in [0.1, 0.15) is 0 Å². The number of rotatable bonds is 3. The van der Waals surface area contributed by atoms with Crippen molar-refractivity contribution in [3.05, 3.63) is 29.2 Å². The number of nitrogens with two attached hydrogens (primary N) is 1. The third-order valence-corrected chi connectivity index (χ3v) is 2.77. The highest BCUT2D eigenvalue weighted by Crippen LogP contribution is 2.18. The quantitative estimate of drug-likeness (QED) is 0.854. The van der Waals surface area contributed by atoms with Gasteiger partial charge in [0.25, 0.3) is 5.91 Å². The second-order valence-corrected chi connectivity index (χ2v) is 4.23. The Balaban J connectivity index is 2.32. The van der Waals surface area contributed by atoms with E-state index in [1.807, 2.05) is 6.92 Å². The Labute approximate surface area is 110 Å². The topological polar surface area (TPSA) is 98.7 Å². The van der Waals surface area contributed by atoms with Crippen LogP contribution < -0.4 is 11.1 Å². The van der Waals surface area contributed by atoms with Gasteiger partial charge in [-0.3, -0.25) is 9.48 Å². The minimum atomic E-state index is -0.259. The Bertz CT molecular complexity index is 599. The number of hydrogen-bond acceptors (Lipinski definition) is 5. The Kier molecular flexibility index (Phi) is 3.46. The minimum absolute atomic E-state index is 0.259. The van der Waals surface area contributed by atoms with Crippen LogP contribution >= 0.6 is 0 Å². The van der Waals surface area contributed by atoms with Crippen molar-refractivity contribution >= 4 is 17.4 Å². The molecule has 0 saturated carbocycles. The molecule has 2 heterocycles. The SMILES string of the molecule is CCc1nnc(C)cc1C(=O)Nc1c(N)cnn1C. The Hall–Kier alpha value is -2.44. The van der Waals surface area contributed by atoms with E-state index in [9.17, 15) is 4.79 Å². The number of anilines is 2. The molecule has 0 aliphatic heterocycles. The van der Waals surface area contributed by atoms with Crippen LogP contribution in [-0.4, -0.2) is 25.9 Å². The normalized spacial score (nSPS) is 10.5. The van der Waals surface area contributed by atoms with Crippen molar-refractivity contribution in [2.24, 2.45) is 7.05 Å². The van der Waals surface area contributed by atoms with Gasteiger partial charge < -0.3 is 11.1 Å². The number of amides is 1. The molecule has 0 aliphatic carbocycles. The second kappa shape index (κ2) is 5.05. The lowest BCUT2D eigenvalue weighted by Gasteiger charge is -2.09. The Morgan fingerprint density at radius 2 is 2.21 bits per heavy atom. The molecule has 1 amide bonds. The van der Waals surface area contributed by atoms with Gasteiger partial charge in [0, 0.05) is 7.05 Å². The summed E-state index contributed by atoms with van der Waals surface area (Å²) in [6.45, 7) is 3.72. The van der Waals surface area contributed by atoms with E-state index in [2.05, 4.69) is 20.6 Å². The van der Waals surface area contributed by atoms with Crippen molar-refractivity contribution in [3.63, 3.8) is 0 Å². The van der Waals surface area contributed by atoms with Gasteiger partial charge in [-0.1, -0.05) is 6.92 Å². The fraction of sp³-hybridized carbons (Fsp3) is 0.333. The van der Waals surface area contributed by atoms with E-state index in [1.165, 1.54) is 10.9 Å². The first-order valence-electron chi connectivity index (χ1n) is 5.95. The van der Waals surface area contributed by atoms with E-state index in [0.717, 1.165) is 0 Å². The highest BCUT2D eigenvalue weighted by molar-refractivity contribution is 6.05. The van der Waals surface area contributed by atoms with Crippen molar-refractivity contribution in [1.29, 1.82) is 0 Å². The third-order valence-electron chi connectivity index (χ3n) is 2.77. The summed E-state index contributed by atoms with van der Waals surface area (Å²) in [5, 5.41) is 14.7. The number of carbonyl (C=O) groups is 1. The van der Waals surface area contributed by atoms with Crippen molar-refractivity contribution < 1.29 is 4.79 Å². The average Bonchev–Trinajstić information content (AvgIpc) is 2.70. The van der Waals surface area contributed by atoms with Crippen LogP contribution in [0.2, 0.25) is 0 Å². The van der Waals surface area contributed by atoms with Gasteiger partial charge >= 0.3 is 0 Å². The van der Waals surface area contributed by atoms with Crippen LogP contribution in [0.25, 0.3) is 0 Å². The molecule has 2 rings (SSSR count). The van der Waals surface area contributed by atoms with Gasteiger partial charge in [0.15, 0.2) is 5.82 Å². The molecule has 2 aromatic heterocycles. The highest BCUT2D eigenvalue weighted by atomic mass is 16.1. The lowest BCUT2D eigenvalue weighted by molar-refractivity contribution is 0.102. The molecule has 0 aromatic carbocycles. The molecule has 0 unspecified atom stereocenters. The summed E-state index contributed by atoms with van der Waals surface area (Å²) in [5.41, 5.74) is 8.03. The van der Waals surface area contributed by atoms with Gasteiger partial charge in [-0.2, -0.15) is 15.3 Å². The number of aromatic nitrogens is 4. The van der Waals surface area contributed by atoms with E-state index in [-0.39, 0.29) is 5.91 Å². The maximum atomic E-state index is 12.3. The number of nitrogen functional groups attached to an aromatic ring is 1. The summed E-state index contributed by atoms with van der Waals surface area (Å²) in [6.07, 6.45) is 2.13. The van der Waals surface area contributed by atoms with Gasteiger partial charge in [-0.25, -0.2) is 0 Å². The fourth-order valence-electron chi connectivity index (χ4n) is 1.75. The lowest BCUT2D eigenvalue weighted by Crippen LogP contribution is -2.18. The molecule has 0 radical (unpaired) electrons. The number of hydrogen-bond donors (Lipinski definition) is 2. The van der Waals surface area contributed by atoms with Gasteiger partial charge in [0.2, 0.25) is 0 Å². The molecule has 0 aliphatic rings. The molecule has 0 atom stereocenters. The number of nitrogens with one attached hydrogen (secondary N) is 1. The first-order chi connectivity index (χ1) is 9.02. The van der Waals surface area contributed by atoms with Gasteiger partial charge in [-0.05, 0) is 19.4 Å². The molecule has 0 spiro atoms. The monoisotopic (exact) mass is 260 g/mol. The van der Waals surface area contributed by atoms with Crippen LogP contribution in [0.15, 0.2) is 12.3 Å². The average molecular weight is 260 g/mol. The second-order valence-electron chi connectivity index (χ2n) is 4.23. The van der Waals surface area contributed by atoms with Gasteiger partial charge in [0.05, 0.1) is 28.8 Å². The lowest BCUT2D eigenvalue weighted by atomic mass is 10.1. The summed E-state index contributed by atoms with van der Waals surface area (Å²) in [6, 6.07) is 1.72. The Morgan fingerprint density at radius 3 is 2.79 bits per heavy atom. The molecule has 0 fully saturated rings. The maximum absolute atomic E-state index is 12.3. The van der Waals surface area contributed by atoms with Crippen molar-refractivity contribution in [1.82, 2.24) is 20.0 Å². The van der Waals surface area contributed by atoms with E-state index in [4.69, 9.17) is 5.73 Å². The molecular formula is C12H16N6O. The van der Waals surface area contributed by atoms with Crippen LogP contribution in [0.4, 0.5) is 11.5 Å². The van der Waals surface area contributed by atoms with Crippen molar-refractivity contribution in [2.45, 2.75) is 20.3 Å². The maximum Gasteiger partial charge on any atom is 0.258 e. The highest BCUT2D eigenvalue weighted by Gasteiger charge is 2.16. The van der Waals surface area contributed by atoms with E-state index in [1.54, 1.807) is 20.0 Å². The summed E-state index contributed by atoms with van der Waals surface area (Å²) >= 11 is 0. The first-order valence-corrected chi connectivity index (χ1v) is 5.95. The molecule has 19 heavy (non-hydrogen) atoms. The molecule has 100 valence electrons. The predicted octanol–water partition coefficient (Wildman–Crippen LogP) is 0.915. The van der Waals surface area contributed by atoms with Crippen LogP contribution in [0.5, 0.6) is 0 Å². The number of nitrogens with zero attached hydrogens (tertiary/aromatic N) is 4. The fourth-order valence-corrected chi connectivity index (χ4v) is 1.75. The molecule has 7 heteroatoms. The first kappa shape index (κ1) is 13.0. The largest absolute Gasteiger partial charge is 0.394 e. The zero-order valence-electron chi connectivity index (χ0n) is 11.1. The summed E-state index contributed by atoms with van der Waals surface area (Å²) in [7, 11) is 1.71. The molecule has 3 N–H and O–H groups in total. The van der Waals surface area contributed by atoms with Crippen LogP contribution in [0.1, 0.15) is 28.7 Å². The molecule has 7 nitrogen and oxygen atoms in total. The summed E-state index contributed by atoms with van der Waals surface area (Å²) < 4.78 is 1.51. The van der Waals surface area contributed by atoms with Gasteiger partial charge in [-0.15, -0.1) is 0 Å². The third kappa shape index (κ3) is 2.54. The van der Waals surface area contributed by atoms with Crippen molar-refractivity contribution in [2.75, 3.05) is 11.1 Å². The summed E-state index contributed by atoms with van der Waals surface area (Å²) in [5.74, 6) is 0.215. The standard InChI is InChI=1S/C12H16N6O/c1-4-10-8(5-7(2)16-17-10)12(19)15-11-9(13)6-14-18(11)3/h5-6H,4,13H2,1-3H3,(H,15,19). The molecule has 0 bridgehead atoms. The van der Waals surface area contributed by atoms with Crippen LogP contribution in [0, 0.1) is 6.92 Å². The van der Waals surface area contributed by atoms with Crippen LogP contribution in [0.3, 0.4) is 0 Å². The van der Waals surface area contributed by atoms with Crippen molar-refractivity contribution in [3.8, 4) is 0 Å². The molecule has 0 saturated heterocycles.